The summed E-state index contributed by atoms with van der Waals surface area (Å²) in [6.45, 7) is 0. The standard InChI is InChI=1S/C15H15FN2O/c1-17-6-2-3-14(17)15-9-12-8-10-7-11(16)4-5-13(10)18(15)19-12/h2-7,12,15H,8-9H2,1H3/t12-,15+/m0/s1. The maximum Gasteiger partial charge on any atom is 0.123 e. The van der Waals surface area contributed by atoms with Crippen LogP contribution in [-0.2, 0) is 18.3 Å². The van der Waals surface area contributed by atoms with Crippen LogP contribution in [0.5, 0.6) is 0 Å². The van der Waals surface area contributed by atoms with Crippen LogP contribution in [0.25, 0.3) is 0 Å². The molecule has 0 unspecified atom stereocenters. The van der Waals surface area contributed by atoms with Gasteiger partial charge >= 0.3 is 0 Å². The molecule has 2 aliphatic rings. The Morgan fingerprint density at radius 2 is 2.21 bits per heavy atom. The Labute approximate surface area is 111 Å². The minimum absolute atomic E-state index is 0.161. The lowest BCUT2D eigenvalue weighted by Crippen LogP contribution is -2.28. The summed E-state index contributed by atoms with van der Waals surface area (Å²) in [6.07, 6.45) is 3.96. The molecule has 1 aromatic heterocycles. The number of fused-ring (bicyclic) bond motifs is 4. The molecule has 4 heteroatoms. The Morgan fingerprint density at radius 3 is 3.00 bits per heavy atom. The van der Waals surface area contributed by atoms with E-state index in [0.29, 0.717) is 0 Å². The number of aryl methyl sites for hydroxylation is 1. The minimum Gasteiger partial charge on any atom is -0.353 e. The lowest BCUT2D eigenvalue weighted by atomic mass is 10.0. The van der Waals surface area contributed by atoms with Gasteiger partial charge in [0.25, 0.3) is 0 Å². The lowest BCUT2D eigenvalue weighted by Gasteiger charge is -2.30. The molecule has 0 N–H and O–H groups in total. The average molecular weight is 258 g/mol. The summed E-state index contributed by atoms with van der Waals surface area (Å²) in [7, 11) is 2.05. The third-order valence-electron chi connectivity index (χ3n) is 4.08. The van der Waals surface area contributed by atoms with Crippen molar-refractivity contribution in [2.75, 3.05) is 5.06 Å². The maximum atomic E-state index is 13.3. The fourth-order valence-corrected chi connectivity index (χ4v) is 3.21. The lowest BCUT2D eigenvalue weighted by molar-refractivity contribution is 0.0730. The Kier molecular flexibility index (Phi) is 2.23. The van der Waals surface area contributed by atoms with E-state index in [-0.39, 0.29) is 18.0 Å². The Hall–Kier alpha value is -1.81. The second-order valence-corrected chi connectivity index (χ2v) is 5.33. The van der Waals surface area contributed by atoms with Crippen LogP contribution in [0.4, 0.5) is 10.1 Å². The number of aromatic nitrogens is 1. The number of nitrogens with zero attached hydrogens (tertiary/aromatic N) is 2. The van der Waals surface area contributed by atoms with Crippen molar-refractivity contribution < 1.29 is 9.23 Å². The summed E-state index contributed by atoms with van der Waals surface area (Å²) in [5, 5.41) is 1.96. The second kappa shape index (κ2) is 3.84. The van der Waals surface area contributed by atoms with Crippen LogP contribution in [0.15, 0.2) is 36.5 Å². The van der Waals surface area contributed by atoms with Gasteiger partial charge in [-0.05, 0) is 35.9 Å². The molecule has 98 valence electrons. The van der Waals surface area contributed by atoms with Crippen molar-refractivity contribution in [3.05, 3.63) is 53.6 Å². The third kappa shape index (κ3) is 1.60. The Balaban J connectivity index is 1.79. The maximum absolute atomic E-state index is 13.3. The molecule has 0 aliphatic carbocycles. The van der Waals surface area contributed by atoms with Crippen molar-refractivity contribution in [1.82, 2.24) is 4.57 Å². The van der Waals surface area contributed by atoms with Gasteiger partial charge in [-0.3, -0.25) is 4.84 Å². The van der Waals surface area contributed by atoms with Crippen molar-refractivity contribution in [2.45, 2.75) is 25.0 Å². The predicted molar refractivity (Wildman–Crippen MR) is 70.2 cm³/mol. The molecule has 3 heterocycles. The molecule has 19 heavy (non-hydrogen) atoms. The first-order valence-electron chi connectivity index (χ1n) is 6.58. The minimum atomic E-state index is -0.170. The Bertz CT molecular complexity index is 637. The summed E-state index contributed by atoms with van der Waals surface area (Å²) in [5.41, 5.74) is 3.29. The molecule has 0 radical (unpaired) electrons. The van der Waals surface area contributed by atoms with Crippen molar-refractivity contribution in [1.29, 1.82) is 0 Å². The highest BCUT2D eigenvalue weighted by atomic mass is 19.1. The van der Waals surface area contributed by atoms with E-state index < -0.39 is 0 Å². The molecule has 4 rings (SSSR count). The van der Waals surface area contributed by atoms with Gasteiger partial charge in [0.05, 0.1) is 17.8 Å². The van der Waals surface area contributed by atoms with Crippen LogP contribution in [0.2, 0.25) is 0 Å². The number of benzene rings is 1. The molecular formula is C15H15FN2O. The van der Waals surface area contributed by atoms with Gasteiger partial charge < -0.3 is 4.57 Å². The van der Waals surface area contributed by atoms with E-state index in [1.54, 1.807) is 6.07 Å². The first-order valence-corrected chi connectivity index (χ1v) is 6.58. The third-order valence-corrected chi connectivity index (χ3v) is 4.08. The van der Waals surface area contributed by atoms with Crippen LogP contribution in [0.1, 0.15) is 23.7 Å². The molecular weight excluding hydrogens is 243 g/mol. The molecule has 1 fully saturated rings. The van der Waals surface area contributed by atoms with Crippen molar-refractivity contribution in [3.63, 3.8) is 0 Å². The summed E-state index contributed by atoms with van der Waals surface area (Å²) < 4.78 is 15.5. The highest BCUT2D eigenvalue weighted by Gasteiger charge is 2.40. The Morgan fingerprint density at radius 1 is 1.32 bits per heavy atom. The average Bonchev–Trinajstić information content (AvgIpc) is 2.94. The van der Waals surface area contributed by atoms with Crippen molar-refractivity contribution in [2.24, 2.45) is 7.05 Å². The van der Waals surface area contributed by atoms with Crippen LogP contribution in [0.3, 0.4) is 0 Å². The number of anilines is 1. The van der Waals surface area contributed by atoms with Gasteiger partial charge in [-0.15, -0.1) is 0 Å². The molecule has 2 bridgehead atoms. The summed E-state index contributed by atoms with van der Waals surface area (Å²) in [4.78, 5) is 5.95. The van der Waals surface area contributed by atoms with E-state index in [1.165, 1.54) is 11.8 Å². The van der Waals surface area contributed by atoms with Crippen LogP contribution >= 0.6 is 0 Å². The molecule has 0 amide bonds. The number of halogens is 1. The number of hydrogen-bond acceptors (Lipinski definition) is 2. The van der Waals surface area contributed by atoms with E-state index in [2.05, 4.69) is 10.6 Å². The molecule has 2 atom stereocenters. The van der Waals surface area contributed by atoms with E-state index in [0.717, 1.165) is 24.1 Å². The molecule has 2 aliphatic heterocycles. The van der Waals surface area contributed by atoms with Gasteiger partial charge in [-0.1, -0.05) is 0 Å². The molecule has 1 saturated heterocycles. The zero-order valence-corrected chi connectivity index (χ0v) is 10.7. The number of rotatable bonds is 1. The molecule has 2 aromatic rings. The quantitative estimate of drug-likeness (QED) is 0.782. The van der Waals surface area contributed by atoms with E-state index in [9.17, 15) is 4.39 Å². The largest absolute Gasteiger partial charge is 0.353 e. The summed E-state index contributed by atoms with van der Waals surface area (Å²) in [5.74, 6) is -0.170. The topological polar surface area (TPSA) is 17.4 Å². The summed E-state index contributed by atoms with van der Waals surface area (Å²) in [6, 6.07) is 9.34. The fraction of sp³-hybridized carbons (Fsp3) is 0.333. The van der Waals surface area contributed by atoms with Crippen LogP contribution in [-0.4, -0.2) is 10.7 Å². The highest BCUT2D eigenvalue weighted by Crippen LogP contribution is 2.44. The molecule has 0 saturated carbocycles. The van der Waals surface area contributed by atoms with Crippen LogP contribution in [0, 0.1) is 5.82 Å². The highest BCUT2D eigenvalue weighted by molar-refractivity contribution is 5.56. The van der Waals surface area contributed by atoms with E-state index in [1.807, 2.05) is 30.4 Å². The number of hydrogen-bond donors (Lipinski definition) is 0. The van der Waals surface area contributed by atoms with Gasteiger partial charge in [-0.25, -0.2) is 9.45 Å². The zero-order valence-electron chi connectivity index (χ0n) is 10.7. The van der Waals surface area contributed by atoms with Gasteiger partial charge in [-0.2, -0.15) is 0 Å². The normalized spacial score (nSPS) is 24.6. The number of hydroxylamine groups is 1. The zero-order chi connectivity index (χ0) is 13.0. The smallest absolute Gasteiger partial charge is 0.123 e. The molecule has 3 nitrogen and oxygen atoms in total. The SMILES string of the molecule is Cn1cccc1[C@H]1C[C@@H]2Cc3cc(F)ccc3N1O2. The summed E-state index contributed by atoms with van der Waals surface area (Å²) >= 11 is 0. The van der Waals surface area contributed by atoms with Gasteiger partial charge in [0.1, 0.15) is 5.82 Å². The first kappa shape index (κ1) is 11.1. The second-order valence-electron chi connectivity index (χ2n) is 5.33. The van der Waals surface area contributed by atoms with Gasteiger partial charge in [0, 0.05) is 31.8 Å². The monoisotopic (exact) mass is 258 g/mol. The first-order chi connectivity index (χ1) is 9.22. The fourth-order valence-electron chi connectivity index (χ4n) is 3.21. The van der Waals surface area contributed by atoms with Gasteiger partial charge in [0.2, 0.25) is 0 Å². The van der Waals surface area contributed by atoms with Crippen molar-refractivity contribution >= 4 is 5.69 Å². The van der Waals surface area contributed by atoms with Crippen LogP contribution < -0.4 is 5.06 Å². The molecule has 1 aromatic carbocycles. The van der Waals surface area contributed by atoms with Crippen molar-refractivity contribution in [3.8, 4) is 0 Å². The van der Waals surface area contributed by atoms with E-state index >= 15 is 0 Å². The van der Waals surface area contributed by atoms with Gasteiger partial charge in [0.15, 0.2) is 0 Å². The van der Waals surface area contributed by atoms with E-state index in [4.69, 9.17) is 4.84 Å². The molecule has 0 spiro atoms. The predicted octanol–water partition coefficient (Wildman–Crippen LogP) is 2.97.